The van der Waals surface area contributed by atoms with Crippen molar-refractivity contribution in [3.05, 3.63) is 90.1 Å². The zero-order valence-corrected chi connectivity index (χ0v) is 19.0. The van der Waals surface area contributed by atoms with Gasteiger partial charge in [-0.25, -0.2) is 0 Å². The van der Waals surface area contributed by atoms with E-state index in [9.17, 15) is 4.79 Å². The molecule has 0 spiro atoms. The normalized spacial score (nSPS) is 13.9. The number of piperazine rings is 1. The van der Waals surface area contributed by atoms with Crippen molar-refractivity contribution in [3.8, 4) is 16.9 Å². The first kappa shape index (κ1) is 21.0. The summed E-state index contributed by atoms with van der Waals surface area (Å²) in [5.74, 6) is 0.917. The quantitative estimate of drug-likeness (QED) is 0.441. The van der Waals surface area contributed by atoms with Gasteiger partial charge in [-0.3, -0.25) is 9.78 Å². The van der Waals surface area contributed by atoms with Crippen LogP contribution in [-0.4, -0.2) is 49.1 Å². The maximum absolute atomic E-state index is 13.6. The third-order valence-corrected chi connectivity index (χ3v) is 6.27. The van der Waals surface area contributed by atoms with E-state index in [0.717, 1.165) is 57.8 Å². The summed E-state index contributed by atoms with van der Waals surface area (Å²) in [5.41, 5.74) is 5.73. The molecule has 33 heavy (non-hydrogen) atoms. The van der Waals surface area contributed by atoms with Crippen LogP contribution < -0.4 is 9.64 Å². The van der Waals surface area contributed by atoms with Gasteiger partial charge in [-0.1, -0.05) is 54.6 Å². The molecule has 5 heteroatoms. The van der Waals surface area contributed by atoms with Gasteiger partial charge < -0.3 is 14.5 Å². The van der Waals surface area contributed by atoms with E-state index in [1.165, 1.54) is 0 Å². The molecule has 166 valence electrons. The van der Waals surface area contributed by atoms with Crippen molar-refractivity contribution < 1.29 is 9.53 Å². The van der Waals surface area contributed by atoms with Crippen molar-refractivity contribution in [2.45, 2.75) is 6.92 Å². The fourth-order valence-corrected chi connectivity index (χ4v) is 4.55. The number of pyridine rings is 1. The zero-order valence-electron chi connectivity index (χ0n) is 19.0. The number of amides is 1. The number of para-hydroxylation sites is 1. The molecule has 0 N–H and O–H groups in total. The van der Waals surface area contributed by atoms with E-state index in [4.69, 9.17) is 9.72 Å². The van der Waals surface area contributed by atoms with Crippen molar-refractivity contribution >= 4 is 22.5 Å². The molecule has 0 radical (unpaired) electrons. The third-order valence-electron chi connectivity index (χ3n) is 6.27. The van der Waals surface area contributed by atoms with Gasteiger partial charge in [-0.2, -0.15) is 0 Å². The lowest BCUT2D eigenvalue weighted by molar-refractivity contribution is 0.0748. The molecule has 2 heterocycles. The van der Waals surface area contributed by atoms with Crippen LogP contribution in [0, 0.1) is 6.92 Å². The zero-order chi connectivity index (χ0) is 22.8. The molecule has 0 saturated carbocycles. The van der Waals surface area contributed by atoms with E-state index in [1.807, 2.05) is 66.4 Å². The summed E-state index contributed by atoms with van der Waals surface area (Å²) in [6.45, 7) is 4.89. The first-order valence-corrected chi connectivity index (χ1v) is 11.3. The first-order chi connectivity index (χ1) is 16.1. The van der Waals surface area contributed by atoms with E-state index in [2.05, 4.69) is 29.2 Å². The number of hydrogen-bond donors (Lipinski definition) is 0. The van der Waals surface area contributed by atoms with Gasteiger partial charge in [0.15, 0.2) is 0 Å². The van der Waals surface area contributed by atoms with Gasteiger partial charge in [0.05, 0.1) is 18.2 Å². The van der Waals surface area contributed by atoms with Gasteiger partial charge >= 0.3 is 0 Å². The summed E-state index contributed by atoms with van der Waals surface area (Å²) in [5, 5.41) is 0.905. The van der Waals surface area contributed by atoms with E-state index in [-0.39, 0.29) is 5.91 Å². The monoisotopic (exact) mass is 437 g/mol. The van der Waals surface area contributed by atoms with E-state index < -0.39 is 0 Å². The average molecular weight is 438 g/mol. The average Bonchev–Trinajstić information content (AvgIpc) is 2.88. The van der Waals surface area contributed by atoms with E-state index >= 15 is 0 Å². The van der Waals surface area contributed by atoms with E-state index in [0.29, 0.717) is 13.1 Å². The molecule has 0 unspecified atom stereocenters. The minimum Gasteiger partial charge on any atom is -0.497 e. The summed E-state index contributed by atoms with van der Waals surface area (Å²) >= 11 is 0. The van der Waals surface area contributed by atoms with Crippen LogP contribution in [0.15, 0.2) is 78.9 Å². The van der Waals surface area contributed by atoms with Gasteiger partial charge in [-0.15, -0.1) is 0 Å². The molecule has 1 fully saturated rings. The highest BCUT2D eigenvalue weighted by Gasteiger charge is 2.24. The fraction of sp³-hybridized carbons (Fsp3) is 0.214. The number of rotatable bonds is 4. The van der Waals surface area contributed by atoms with Crippen molar-refractivity contribution in [3.63, 3.8) is 0 Å². The van der Waals surface area contributed by atoms with Crippen LogP contribution in [0.1, 0.15) is 16.1 Å². The Balaban J connectivity index is 1.42. The topological polar surface area (TPSA) is 45.7 Å². The number of nitrogens with zero attached hydrogens (tertiary/aromatic N) is 3. The lowest BCUT2D eigenvalue weighted by atomic mass is 9.98. The number of carbonyl (C=O) groups excluding carboxylic acids is 1. The lowest BCUT2D eigenvalue weighted by Gasteiger charge is -2.36. The number of benzene rings is 3. The third kappa shape index (κ3) is 4.14. The number of aromatic nitrogens is 1. The van der Waals surface area contributed by atoms with E-state index in [1.54, 1.807) is 7.11 Å². The highest BCUT2D eigenvalue weighted by molar-refractivity contribution is 6.09. The Hall–Kier alpha value is -3.86. The second-order valence-electron chi connectivity index (χ2n) is 8.36. The lowest BCUT2D eigenvalue weighted by Crippen LogP contribution is -2.48. The maximum Gasteiger partial charge on any atom is 0.254 e. The first-order valence-electron chi connectivity index (χ1n) is 11.3. The highest BCUT2D eigenvalue weighted by Crippen LogP contribution is 2.30. The van der Waals surface area contributed by atoms with Crippen LogP contribution in [0.25, 0.3) is 22.0 Å². The van der Waals surface area contributed by atoms with Crippen molar-refractivity contribution in [2.75, 3.05) is 38.2 Å². The predicted molar refractivity (Wildman–Crippen MR) is 133 cm³/mol. The number of carbonyl (C=O) groups is 1. The van der Waals surface area contributed by atoms with Crippen LogP contribution >= 0.6 is 0 Å². The van der Waals surface area contributed by atoms with Crippen LogP contribution in [0.4, 0.5) is 5.69 Å². The largest absolute Gasteiger partial charge is 0.497 e. The molecule has 3 aromatic carbocycles. The number of fused-ring (bicyclic) bond motifs is 1. The minimum absolute atomic E-state index is 0.0704. The maximum atomic E-state index is 13.6. The Morgan fingerprint density at radius 2 is 1.64 bits per heavy atom. The van der Waals surface area contributed by atoms with Gasteiger partial charge in [0.1, 0.15) is 5.75 Å². The number of hydrogen-bond acceptors (Lipinski definition) is 4. The smallest absolute Gasteiger partial charge is 0.254 e. The van der Waals surface area contributed by atoms with Gasteiger partial charge in [0, 0.05) is 54.6 Å². The molecule has 1 saturated heterocycles. The Bertz CT molecular complexity index is 1300. The van der Waals surface area contributed by atoms with Crippen molar-refractivity contribution in [1.29, 1.82) is 0 Å². The minimum atomic E-state index is 0.0704. The van der Waals surface area contributed by atoms with Gasteiger partial charge in [0.2, 0.25) is 0 Å². The molecule has 5 nitrogen and oxygen atoms in total. The van der Waals surface area contributed by atoms with Crippen LogP contribution in [0.5, 0.6) is 5.75 Å². The molecule has 0 aliphatic carbocycles. The summed E-state index contributed by atoms with van der Waals surface area (Å²) in [6.07, 6.45) is 0. The highest BCUT2D eigenvalue weighted by atomic mass is 16.5. The second kappa shape index (κ2) is 8.94. The fourth-order valence-electron chi connectivity index (χ4n) is 4.55. The van der Waals surface area contributed by atoms with Crippen molar-refractivity contribution in [2.24, 2.45) is 0 Å². The van der Waals surface area contributed by atoms with Crippen molar-refractivity contribution in [1.82, 2.24) is 9.88 Å². The molecule has 0 atom stereocenters. The SMILES string of the molecule is COc1cccc(N2CCN(C(=O)c3cc(C)nc4c(-c5ccccc5)cccc34)CC2)c1. The Morgan fingerprint density at radius 1 is 0.879 bits per heavy atom. The van der Waals surface area contributed by atoms with Crippen LogP contribution in [0.3, 0.4) is 0 Å². The second-order valence-corrected chi connectivity index (χ2v) is 8.36. The Morgan fingerprint density at radius 3 is 2.39 bits per heavy atom. The predicted octanol–water partition coefficient (Wildman–Crippen LogP) is 5.18. The summed E-state index contributed by atoms with van der Waals surface area (Å²) in [4.78, 5) is 22.7. The van der Waals surface area contributed by atoms with Gasteiger partial charge in [0.25, 0.3) is 5.91 Å². The summed E-state index contributed by atoms with van der Waals surface area (Å²) in [7, 11) is 1.68. The summed E-state index contributed by atoms with van der Waals surface area (Å²) in [6, 6.07) is 26.3. The molecule has 1 amide bonds. The number of methoxy groups -OCH3 is 1. The molecule has 5 rings (SSSR count). The molecule has 1 aliphatic rings. The Kier molecular flexibility index (Phi) is 5.69. The van der Waals surface area contributed by atoms with Crippen LogP contribution in [-0.2, 0) is 0 Å². The number of ether oxygens (including phenoxy) is 1. The standard InChI is InChI=1S/C28H27N3O2/c1-20-18-26(25-13-7-12-24(27(25)29-20)21-8-4-3-5-9-21)28(32)31-16-14-30(15-17-31)22-10-6-11-23(19-22)33-2/h3-13,18-19H,14-17H2,1-2H3. The molecular formula is C28H27N3O2. The van der Waals surface area contributed by atoms with Gasteiger partial charge in [-0.05, 0) is 30.7 Å². The number of aryl methyl sites for hydroxylation is 1. The molecule has 0 bridgehead atoms. The molecule has 4 aromatic rings. The molecule has 1 aromatic heterocycles. The Labute approximate surface area is 194 Å². The summed E-state index contributed by atoms with van der Waals surface area (Å²) < 4.78 is 5.36. The molecular weight excluding hydrogens is 410 g/mol. The molecule has 1 aliphatic heterocycles. The number of anilines is 1. The van der Waals surface area contributed by atoms with Crippen LogP contribution in [0.2, 0.25) is 0 Å².